The lowest BCUT2D eigenvalue weighted by molar-refractivity contribution is -0.129. The number of carboxylic acid groups (broad SMARTS) is 1. The Bertz CT molecular complexity index is 1200. The van der Waals surface area contributed by atoms with Gasteiger partial charge in [-0.05, 0) is 36.8 Å². The average molecular weight is 485 g/mol. The highest BCUT2D eigenvalue weighted by atomic mass is 35.5. The molecule has 0 atom stereocenters. The number of benzene rings is 3. The molecular weight excluding hydrogens is 467 g/mol. The molecule has 0 unspecified atom stereocenters. The summed E-state index contributed by atoms with van der Waals surface area (Å²) in [5.41, 5.74) is 1.24. The Hall–Kier alpha value is -3.73. The molecule has 3 aromatic rings. The van der Waals surface area contributed by atoms with Gasteiger partial charge in [-0.3, -0.25) is 0 Å². The Morgan fingerprint density at radius 2 is 1.73 bits per heavy atom. The van der Waals surface area contributed by atoms with Crippen LogP contribution in [0.1, 0.15) is 23.6 Å². The van der Waals surface area contributed by atoms with Crippen molar-refractivity contribution < 1.29 is 24.2 Å². The van der Waals surface area contributed by atoms with Gasteiger partial charge in [-0.25, -0.2) is 4.79 Å². The maximum Gasteiger partial charge on any atom is 0.358 e. The van der Waals surface area contributed by atoms with Gasteiger partial charge >= 0.3 is 5.97 Å². The van der Waals surface area contributed by atoms with Crippen molar-refractivity contribution in [3.63, 3.8) is 0 Å². The van der Waals surface area contributed by atoms with Crippen molar-refractivity contribution in [3.05, 3.63) is 87.4 Å². The number of oxime groups is 1. The van der Waals surface area contributed by atoms with Gasteiger partial charge in [-0.2, -0.15) is 5.26 Å². The number of nitrogens with zero attached hydrogens (tertiary/aromatic N) is 2. The van der Waals surface area contributed by atoms with Gasteiger partial charge in [0.1, 0.15) is 24.7 Å². The minimum absolute atomic E-state index is 0.0388. The molecule has 0 amide bonds. The molecule has 0 aromatic heterocycles. The summed E-state index contributed by atoms with van der Waals surface area (Å²) in [5, 5.41) is 22.5. The number of halogens is 2. The molecule has 1 N–H and O–H groups in total. The molecule has 0 bridgehead atoms. The lowest BCUT2D eigenvalue weighted by atomic mass is 10.0. The number of carbonyl (C=O) groups is 1. The van der Waals surface area contributed by atoms with Crippen LogP contribution in [-0.4, -0.2) is 23.4 Å². The lowest BCUT2D eigenvalue weighted by Crippen LogP contribution is -2.18. The zero-order valence-corrected chi connectivity index (χ0v) is 18.9. The molecule has 0 aliphatic rings. The first kappa shape index (κ1) is 23.9. The topological polar surface area (TPSA) is 101 Å². The minimum Gasteiger partial charge on any atom is -0.489 e. The molecule has 0 spiro atoms. The normalized spacial score (nSPS) is 10.9. The van der Waals surface area contributed by atoms with Crippen LogP contribution in [0.25, 0.3) is 0 Å². The highest BCUT2D eigenvalue weighted by Gasteiger charge is 2.18. The number of hydrogen-bond donors (Lipinski definition) is 1. The van der Waals surface area contributed by atoms with Gasteiger partial charge in [0.25, 0.3) is 0 Å². The summed E-state index contributed by atoms with van der Waals surface area (Å²) in [5.74, 6) is -0.139. The van der Waals surface area contributed by atoms with Gasteiger partial charge in [-0.15, -0.1) is 0 Å². The van der Waals surface area contributed by atoms with E-state index in [2.05, 4.69) is 5.16 Å². The SMILES string of the molecule is CCON=C(C(=O)O)c1ccccc1COc1cc(Cl)c(Oc2ccc(C#N)cc2)c(Cl)c1. The molecule has 33 heavy (non-hydrogen) atoms. The second kappa shape index (κ2) is 11.2. The standard InChI is InChI=1S/C24H18Cl2N2O5/c1-2-32-28-22(24(29)30)19-6-4-3-5-16(19)14-31-18-11-20(25)23(21(26)12-18)33-17-9-7-15(13-27)8-10-17/h3-12H,2,14H2,1H3,(H,29,30). The van der Waals surface area contributed by atoms with E-state index in [-0.39, 0.29) is 34.7 Å². The van der Waals surface area contributed by atoms with E-state index in [1.165, 1.54) is 0 Å². The molecule has 0 radical (unpaired) electrons. The molecule has 0 aliphatic carbocycles. The first-order valence-corrected chi connectivity index (χ1v) is 10.5. The number of ether oxygens (including phenoxy) is 2. The summed E-state index contributed by atoms with van der Waals surface area (Å²) in [4.78, 5) is 16.6. The number of aliphatic carboxylic acids is 1. The Balaban J connectivity index is 1.79. The van der Waals surface area contributed by atoms with Crippen LogP contribution < -0.4 is 9.47 Å². The van der Waals surface area contributed by atoms with E-state index in [9.17, 15) is 9.90 Å². The fourth-order valence-electron chi connectivity index (χ4n) is 2.80. The monoisotopic (exact) mass is 484 g/mol. The van der Waals surface area contributed by atoms with E-state index in [1.54, 1.807) is 67.6 Å². The molecule has 9 heteroatoms. The quantitative estimate of drug-likeness (QED) is 0.292. The zero-order chi connectivity index (χ0) is 23.8. The number of rotatable bonds is 9. The Morgan fingerprint density at radius 3 is 2.33 bits per heavy atom. The summed E-state index contributed by atoms with van der Waals surface area (Å²) in [6, 6.07) is 18.4. The molecule has 0 saturated carbocycles. The van der Waals surface area contributed by atoms with E-state index in [0.717, 1.165) is 0 Å². The van der Waals surface area contributed by atoms with Crippen molar-refractivity contribution in [3.8, 4) is 23.3 Å². The van der Waals surface area contributed by atoms with E-state index in [1.807, 2.05) is 6.07 Å². The summed E-state index contributed by atoms with van der Waals surface area (Å²) in [6.45, 7) is 1.99. The van der Waals surface area contributed by atoms with Crippen LogP contribution in [0.15, 0.2) is 65.8 Å². The first-order valence-electron chi connectivity index (χ1n) is 9.74. The zero-order valence-electron chi connectivity index (χ0n) is 17.4. The summed E-state index contributed by atoms with van der Waals surface area (Å²) in [6.07, 6.45) is 0. The van der Waals surface area contributed by atoms with Crippen LogP contribution in [0, 0.1) is 11.3 Å². The molecule has 0 fully saturated rings. The Kier molecular flexibility index (Phi) is 8.14. The summed E-state index contributed by atoms with van der Waals surface area (Å²) in [7, 11) is 0. The highest BCUT2D eigenvalue weighted by molar-refractivity contribution is 6.42. The van der Waals surface area contributed by atoms with Gasteiger partial charge < -0.3 is 19.4 Å². The fourth-order valence-corrected chi connectivity index (χ4v) is 3.35. The first-order chi connectivity index (χ1) is 15.9. The Labute approximate surface area is 200 Å². The molecule has 168 valence electrons. The molecule has 7 nitrogen and oxygen atoms in total. The van der Waals surface area contributed by atoms with E-state index < -0.39 is 5.97 Å². The van der Waals surface area contributed by atoms with Crippen LogP contribution in [-0.2, 0) is 16.2 Å². The van der Waals surface area contributed by atoms with Crippen LogP contribution in [0.5, 0.6) is 17.2 Å². The van der Waals surface area contributed by atoms with Crippen LogP contribution in [0.3, 0.4) is 0 Å². The molecule has 0 heterocycles. The molecular formula is C24H18Cl2N2O5. The summed E-state index contributed by atoms with van der Waals surface area (Å²) < 4.78 is 11.6. The van der Waals surface area contributed by atoms with E-state index in [4.69, 9.17) is 42.8 Å². The summed E-state index contributed by atoms with van der Waals surface area (Å²) >= 11 is 12.7. The Morgan fingerprint density at radius 1 is 1.06 bits per heavy atom. The average Bonchev–Trinajstić information content (AvgIpc) is 2.81. The van der Waals surface area contributed by atoms with Gasteiger partial charge in [0.2, 0.25) is 0 Å². The molecule has 0 saturated heterocycles. The van der Waals surface area contributed by atoms with Crippen molar-refractivity contribution in [1.82, 2.24) is 0 Å². The van der Waals surface area contributed by atoms with Crippen LogP contribution in [0.2, 0.25) is 10.0 Å². The maximum atomic E-state index is 11.6. The molecule has 3 rings (SSSR count). The van der Waals surface area contributed by atoms with Gasteiger partial charge in [0.15, 0.2) is 11.5 Å². The van der Waals surface area contributed by atoms with Crippen molar-refractivity contribution in [2.75, 3.05) is 6.61 Å². The highest BCUT2D eigenvalue weighted by Crippen LogP contribution is 2.39. The number of carboxylic acids is 1. The number of nitriles is 1. The molecule has 0 aliphatic heterocycles. The predicted octanol–water partition coefficient (Wildman–Crippen LogP) is 6.06. The van der Waals surface area contributed by atoms with Crippen LogP contribution >= 0.6 is 23.2 Å². The second-order valence-electron chi connectivity index (χ2n) is 6.56. The third-order valence-electron chi connectivity index (χ3n) is 4.33. The largest absolute Gasteiger partial charge is 0.489 e. The smallest absolute Gasteiger partial charge is 0.358 e. The predicted molar refractivity (Wildman–Crippen MR) is 124 cm³/mol. The number of hydrogen-bond acceptors (Lipinski definition) is 6. The van der Waals surface area contributed by atoms with Crippen LogP contribution in [0.4, 0.5) is 0 Å². The third kappa shape index (κ3) is 6.16. The maximum absolute atomic E-state index is 11.6. The van der Waals surface area contributed by atoms with Crippen molar-refractivity contribution >= 4 is 34.9 Å². The second-order valence-corrected chi connectivity index (χ2v) is 7.38. The third-order valence-corrected chi connectivity index (χ3v) is 4.89. The fraction of sp³-hybridized carbons (Fsp3) is 0.125. The lowest BCUT2D eigenvalue weighted by Gasteiger charge is -2.14. The molecule has 3 aromatic carbocycles. The van der Waals surface area contributed by atoms with Crippen molar-refractivity contribution in [2.45, 2.75) is 13.5 Å². The van der Waals surface area contributed by atoms with E-state index in [0.29, 0.717) is 28.2 Å². The van der Waals surface area contributed by atoms with Gasteiger partial charge in [0, 0.05) is 17.7 Å². The minimum atomic E-state index is -1.22. The van der Waals surface area contributed by atoms with Gasteiger partial charge in [0.05, 0.1) is 21.7 Å². The van der Waals surface area contributed by atoms with Gasteiger partial charge in [-0.1, -0.05) is 52.6 Å². The van der Waals surface area contributed by atoms with E-state index >= 15 is 0 Å². The van der Waals surface area contributed by atoms with Crippen molar-refractivity contribution in [2.24, 2.45) is 5.16 Å². The van der Waals surface area contributed by atoms with Crippen molar-refractivity contribution in [1.29, 1.82) is 5.26 Å².